The molecule has 1 heterocycles. The Morgan fingerprint density at radius 1 is 0.820 bits per heavy atom. The number of aliphatic carboxylic acids is 1. The summed E-state index contributed by atoms with van der Waals surface area (Å²) in [6.07, 6.45) is 0.623. The van der Waals surface area contributed by atoms with Gasteiger partial charge in [-0.15, -0.1) is 0 Å². The number of carbonyl (C=O) groups excluding carboxylic acids is 6. The second-order valence-corrected chi connectivity index (χ2v) is 12.4. The Labute approximate surface area is 290 Å². The summed E-state index contributed by atoms with van der Waals surface area (Å²) < 4.78 is 0. The lowest BCUT2D eigenvalue weighted by atomic mass is 10.0. The minimum atomic E-state index is -1.62. The van der Waals surface area contributed by atoms with Crippen LogP contribution in [0.3, 0.4) is 0 Å². The molecule has 1 saturated heterocycles. The molecule has 1 aromatic carbocycles. The van der Waals surface area contributed by atoms with Gasteiger partial charge in [0.25, 0.3) is 0 Å². The van der Waals surface area contributed by atoms with E-state index in [-0.39, 0.29) is 55.8 Å². The van der Waals surface area contributed by atoms with Crippen molar-refractivity contribution in [3.8, 4) is 5.75 Å². The Hall–Kier alpha value is -5.42. The molecule has 6 amide bonds. The molecule has 1 fully saturated rings. The van der Waals surface area contributed by atoms with E-state index in [0.717, 1.165) is 0 Å². The molecule has 1 aromatic rings. The van der Waals surface area contributed by atoms with Crippen molar-refractivity contribution in [2.24, 2.45) is 11.7 Å². The van der Waals surface area contributed by atoms with Gasteiger partial charge in [0.15, 0.2) is 5.96 Å². The normalized spacial score (nSPS) is 20.6. The van der Waals surface area contributed by atoms with Crippen molar-refractivity contribution in [3.63, 3.8) is 0 Å². The average molecular weight is 704 g/mol. The molecule has 276 valence electrons. The SMILES string of the molecule is CC(C)CC(=O)NCCCC[C@@H]1NC(=O)[C@@H](Cc2ccc(O)cc2)NC(=O)[C@H](CC(=O)O)NC(=O)CNC(=O)[C@H](CCCNC(=N)N)NC1=O. The van der Waals surface area contributed by atoms with Gasteiger partial charge in [-0.25, -0.2) is 0 Å². The van der Waals surface area contributed by atoms with E-state index in [0.29, 0.717) is 31.4 Å². The van der Waals surface area contributed by atoms with E-state index in [1.807, 2.05) is 13.8 Å². The fourth-order valence-electron chi connectivity index (χ4n) is 5.02. The number of carbonyl (C=O) groups is 7. The molecule has 0 bridgehead atoms. The first-order valence-electron chi connectivity index (χ1n) is 16.5. The standard InChI is InChI=1S/C32H49N9O9/c1-18(2)14-25(43)35-12-4-3-6-22-29(48)39-21(7-5-13-36-32(33)34)28(47)37-17-26(44)38-24(16-27(45)46)31(50)41-23(30(49)40-22)15-19-8-10-20(42)11-9-19/h8-11,18,21-24,42H,3-7,12-17H2,1-2H3,(H,35,43)(H,37,47)(H,38,44)(H,39,48)(H,40,49)(H,41,50)(H,45,46)(H4,33,34,36)/t21-,22-,23+,24-/m0/s1. The van der Waals surface area contributed by atoms with Crippen molar-refractivity contribution in [1.82, 2.24) is 37.2 Å². The van der Waals surface area contributed by atoms with E-state index < -0.39 is 72.6 Å². The smallest absolute Gasteiger partial charge is 0.305 e. The number of phenolic OH excluding ortho intramolecular Hbond substituents is 1. The largest absolute Gasteiger partial charge is 0.508 e. The maximum atomic E-state index is 13.8. The summed E-state index contributed by atoms with van der Waals surface area (Å²) in [4.78, 5) is 90.3. The number of aromatic hydroxyl groups is 1. The number of carboxylic acid groups (broad SMARTS) is 1. The van der Waals surface area contributed by atoms with Crippen molar-refractivity contribution in [2.45, 2.75) is 89.4 Å². The third kappa shape index (κ3) is 15.7. The molecule has 2 rings (SSSR count). The van der Waals surface area contributed by atoms with Crippen molar-refractivity contribution in [1.29, 1.82) is 5.41 Å². The first-order chi connectivity index (χ1) is 23.6. The zero-order chi connectivity index (χ0) is 37.2. The van der Waals surface area contributed by atoms with Gasteiger partial charge < -0.3 is 53.2 Å². The number of unbranched alkanes of at least 4 members (excludes halogenated alkanes) is 1. The maximum Gasteiger partial charge on any atom is 0.305 e. The second kappa shape index (κ2) is 20.8. The van der Waals surface area contributed by atoms with Crippen molar-refractivity contribution < 1.29 is 43.8 Å². The number of amides is 6. The minimum absolute atomic E-state index is 0.0412. The molecular weight excluding hydrogens is 654 g/mol. The van der Waals surface area contributed by atoms with Crippen LogP contribution in [0.4, 0.5) is 0 Å². The second-order valence-electron chi connectivity index (χ2n) is 12.4. The number of carboxylic acids is 1. The number of nitrogens with one attached hydrogen (secondary N) is 8. The van der Waals surface area contributed by atoms with Crippen LogP contribution in [-0.2, 0) is 40.0 Å². The lowest BCUT2D eigenvalue weighted by Gasteiger charge is -2.26. The molecule has 0 unspecified atom stereocenters. The summed E-state index contributed by atoms with van der Waals surface area (Å²) >= 11 is 0. The lowest BCUT2D eigenvalue weighted by molar-refractivity contribution is -0.141. The molecular formula is C32H49N9O9. The summed E-state index contributed by atoms with van der Waals surface area (Å²) in [5.74, 6) is -5.86. The summed E-state index contributed by atoms with van der Waals surface area (Å²) in [5, 5.41) is 44.3. The quantitative estimate of drug-likeness (QED) is 0.0543. The Kier molecular flexibility index (Phi) is 17.0. The molecule has 12 N–H and O–H groups in total. The highest BCUT2D eigenvalue weighted by atomic mass is 16.4. The first-order valence-corrected chi connectivity index (χ1v) is 16.5. The minimum Gasteiger partial charge on any atom is -0.508 e. The summed E-state index contributed by atoms with van der Waals surface area (Å²) in [5.41, 5.74) is 5.83. The van der Waals surface area contributed by atoms with E-state index in [1.165, 1.54) is 24.3 Å². The zero-order valence-electron chi connectivity index (χ0n) is 28.3. The third-order valence-electron chi connectivity index (χ3n) is 7.55. The predicted octanol–water partition coefficient (Wildman–Crippen LogP) is -1.93. The fourth-order valence-corrected chi connectivity index (χ4v) is 5.02. The van der Waals surface area contributed by atoms with E-state index in [4.69, 9.17) is 11.1 Å². The summed E-state index contributed by atoms with van der Waals surface area (Å²) in [7, 11) is 0. The van der Waals surface area contributed by atoms with Crippen LogP contribution in [0, 0.1) is 11.3 Å². The molecule has 0 aliphatic carbocycles. The van der Waals surface area contributed by atoms with Crippen LogP contribution >= 0.6 is 0 Å². The summed E-state index contributed by atoms with van der Waals surface area (Å²) in [6.45, 7) is 3.71. The van der Waals surface area contributed by atoms with Crippen molar-refractivity contribution in [3.05, 3.63) is 29.8 Å². The van der Waals surface area contributed by atoms with Gasteiger partial charge in [0, 0.05) is 25.9 Å². The van der Waals surface area contributed by atoms with Crippen LogP contribution in [0.2, 0.25) is 0 Å². The Balaban J connectivity index is 2.41. The number of benzene rings is 1. The van der Waals surface area contributed by atoms with Gasteiger partial charge in [-0.1, -0.05) is 26.0 Å². The average Bonchev–Trinajstić information content (AvgIpc) is 3.03. The van der Waals surface area contributed by atoms with Gasteiger partial charge in [0.1, 0.15) is 29.9 Å². The molecule has 18 nitrogen and oxygen atoms in total. The van der Waals surface area contributed by atoms with Crippen LogP contribution in [-0.4, -0.2) is 101 Å². The van der Waals surface area contributed by atoms with Crippen LogP contribution in [0.1, 0.15) is 64.4 Å². The third-order valence-corrected chi connectivity index (χ3v) is 7.55. The van der Waals surface area contributed by atoms with Gasteiger partial charge in [-0.05, 0) is 55.7 Å². The first kappa shape index (κ1) is 40.8. The number of nitrogens with two attached hydrogens (primary N) is 1. The number of hydrogen-bond donors (Lipinski definition) is 11. The Morgan fingerprint density at radius 3 is 2.00 bits per heavy atom. The van der Waals surface area contributed by atoms with Gasteiger partial charge in [-0.2, -0.15) is 0 Å². The Bertz CT molecular complexity index is 1370. The van der Waals surface area contributed by atoms with Crippen LogP contribution in [0.5, 0.6) is 5.75 Å². The van der Waals surface area contributed by atoms with E-state index in [9.17, 15) is 43.8 Å². The molecule has 1 aliphatic heterocycles. The van der Waals surface area contributed by atoms with Gasteiger partial charge in [-0.3, -0.25) is 39.0 Å². The highest BCUT2D eigenvalue weighted by Crippen LogP contribution is 2.13. The number of phenols is 1. The predicted molar refractivity (Wildman–Crippen MR) is 180 cm³/mol. The molecule has 0 radical (unpaired) electrons. The molecule has 4 atom stereocenters. The van der Waals surface area contributed by atoms with E-state index in [2.05, 4.69) is 37.2 Å². The van der Waals surface area contributed by atoms with Crippen LogP contribution in [0.15, 0.2) is 24.3 Å². The van der Waals surface area contributed by atoms with Gasteiger partial charge in [0.05, 0.1) is 13.0 Å². The Morgan fingerprint density at radius 2 is 1.38 bits per heavy atom. The highest BCUT2D eigenvalue weighted by molar-refractivity contribution is 5.98. The van der Waals surface area contributed by atoms with Crippen molar-refractivity contribution in [2.75, 3.05) is 19.6 Å². The molecule has 50 heavy (non-hydrogen) atoms. The molecule has 0 saturated carbocycles. The zero-order valence-corrected chi connectivity index (χ0v) is 28.3. The van der Waals surface area contributed by atoms with Gasteiger partial charge >= 0.3 is 5.97 Å². The van der Waals surface area contributed by atoms with Gasteiger partial charge in [0.2, 0.25) is 35.4 Å². The lowest BCUT2D eigenvalue weighted by Crippen LogP contribution is -2.58. The van der Waals surface area contributed by atoms with Crippen LogP contribution < -0.4 is 43.0 Å². The monoisotopic (exact) mass is 703 g/mol. The molecule has 0 aromatic heterocycles. The molecule has 0 spiro atoms. The van der Waals surface area contributed by atoms with Crippen molar-refractivity contribution >= 4 is 47.4 Å². The molecule has 18 heteroatoms. The molecule has 1 aliphatic rings. The number of hydrogen-bond acceptors (Lipinski definition) is 9. The van der Waals surface area contributed by atoms with E-state index >= 15 is 0 Å². The maximum absolute atomic E-state index is 13.8. The topological polar surface area (TPSA) is 294 Å². The van der Waals surface area contributed by atoms with Crippen LogP contribution in [0.25, 0.3) is 0 Å². The number of guanidine groups is 1. The van der Waals surface area contributed by atoms with E-state index in [1.54, 1.807) is 0 Å². The highest BCUT2D eigenvalue weighted by Gasteiger charge is 2.33. The summed E-state index contributed by atoms with van der Waals surface area (Å²) in [6, 6.07) is 0.409. The fraction of sp³-hybridized carbons (Fsp3) is 0.562. The number of rotatable bonds is 15.